The molecule has 0 bridgehead atoms. The summed E-state index contributed by atoms with van der Waals surface area (Å²) in [5.74, 6) is 1.14. The lowest BCUT2D eigenvalue weighted by Gasteiger charge is -2.07. The second kappa shape index (κ2) is 3.62. The first-order valence-corrected chi connectivity index (χ1v) is 5.19. The maximum Gasteiger partial charge on any atom is 0.120 e. The van der Waals surface area contributed by atoms with Gasteiger partial charge in [0, 0.05) is 24.7 Å². The van der Waals surface area contributed by atoms with E-state index in [9.17, 15) is 5.11 Å². The van der Waals surface area contributed by atoms with Crippen molar-refractivity contribution in [1.29, 1.82) is 0 Å². The van der Waals surface area contributed by atoms with Crippen LogP contribution in [0.4, 0.5) is 0 Å². The first kappa shape index (κ1) is 9.53. The molecule has 1 aliphatic heterocycles. The SMILES string of the molecule is CC(C)[C@@H]1CN1Cc1ccccc1O. The Hall–Kier alpha value is -1.02. The van der Waals surface area contributed by atoms with Crippen molar-refractivity contribution in [2.24, 2.45) is 5.92 Å². The zero-order valence-electron chi connectivity index (χ0n) is 8.77. The molecule has 76 valence electrons. The van der Waals surface area contributed by atoms with E-state index in [1.165, 1.54) is 6.54 Å². The maximum atomic E-state index is 9.59. The van der Waals surface area contributed by atoms with Crippen molar-refractivity contribution >= 4 is 0 Å². The largest absolute Gasteiger partial charge is 0.508 e. The van der Waals surface area contributed by atoms with Crippen LogP contribution in [0.1, 0.15) is 19.4 Å². The molecule has 1 heterocycles. The summed E-state index contributed by atoms with van der Waals surface area (Å²) >= 11 is 0. The van der Waals surface area contributed by atoms with E-state index in [1.54, 1.807) is 6.07 Å². The van der Waals surface area contributed by atoms with E-state index < -0.39 is 0 Å². The Labute approximate surface area is 85.2 Å². The molecule has 0 aromatic heterocycles. The average Bonchev–Trinajstić information content (AvgIpc) is 2.88. The van der Waals surface area contributed by atoms with Gasteiger partial charge in [-0.25, -0.2) is 0 Å². The van der Waals surface area contributed by atoms with Crippen LogP contribution < -0.4 is 0 Å². The van der Waals surface area contributed by atoms with E-state index in [0.717, 1.165) is 24.1 Å². The number of hydrogen-bond donors (Lipinski definition) is 1. The van der Waals surface area contributed by atoms with Gasteiger partial charge in [-0.1, -0.05) is 32.0 Å². The summed E-state index contributed by atoms with van der Waals surface area (Å²) in [6.07, 6.45) is 0. The minimum absolute atomic E-state index is 0.418. The van der Waals surface area contributed by atoms with Crippen molar-refractivity contribution < 1.29 is 5.11 Å². The number of hydrogen-bond acceptors (Lipinski definition) is 2. The molecule has 1 unspecified atom stereocenters. The van der Waals surface area contributed by atoms with Crippen LogP contribution in [0.3, 0.4) is 0 Å². The summed E-state index contributed by atoms with van der Waals surface area (Å²) < 4.78 is 0. The Bertz CT molecular complexity index is 322. The lowest BCUT2D eigenvalue weighted by molar-refractivity contribution is 0.418. The number of benzene rings is 1. The molecular formula is C12H17NO. The van der Waals surface area contributed by atoms with Crippen LogP contribution in [-0.4, -0.2) is 22.6 Å². The summed E-state index contributed by atoms with van der Waals surface area (Å²) in [6, 6.07) is 8.30. The normalized spacial score (nSPS) is 25.4. The van der Waals surface area contributed by atoms with Gasteiger partial charge in [0.25, 0.3) is 0 Å². The fourth-order valence-electron chi connectivity index (χ4n) is 1.87. The molecule has 1 N–H and O–H groups in total. The van der Waals surface area contributed by atoms with Crippen molar-refractivity contribution in [1.82, 2.24) is 4.90 Å². The Kier molecular flexibility index (Phi) is 2.46. The van der Waals surface area contributed by atoms with Crippen molar-refractivity contribution in [2.75, 3.05) is 6.54 Å². The smallest absolute Gasteiger partial charge is 0.120 e. The maximum absolute atomic E-state index is 9.59. The molecule has 2 rings (SSSR count). The fourth-order valence-corrected chi connectivity index (χ4v) is 1.87. The molecule has 1 aliphatic rings. The van der Waals surface area contributed by atoms with Gasteiger partial charge < -0.3 is 5.11 Å². The molecule has 0 amide bonds. The van der Waals surface area contributed by atoms with Gasteiger partial charge >= 0.3 is 0 Å². The van der Waals surface area contributed by atoms with Gasteiger partial charge in [0.15, 0.2) is 0 Å². The molecular weight excluding hydrogens is 174 g/mol. The number of aromatic hydroxyl groups is 1. The second-order valence-corrected chi connectivity index (χ2v) is 4.37. The molecule has 0 spiro atoms. The monoisotopic (exact) mass is 191 g/mol. The third-order valence-corrected chi connectivity index (χ3v) is 2.89. The standard InChI is InChI=1S/C12H17NO/c1-9(2)11-8-13(11)7-10-5-3-4-6-12(10)14/h3-6,9,11,14H,7-8H2,1-2H3/t11-,13?/m0/s1. The van der Waals surface area contributed by atoms with Gasteiger partial charge in [0.1, 0.15) is 5.75 Å². The van der Waals surface area contributed by atoms with Gasteiger partial charge in [-0.05, 0) is 12.0 Å². The Morgan fingerprint density at radius 2 is 2.14 bits per heavy atom. The van der Waals surface area contributed by atoms with Gasteiger partial charge in [-0.2, -0.15) is 0 Å². The van der Waals surface area contributed by atoms with Crippen molar-refractivity contribution in [2.45, 2.75) is 26.4 Å². The van der Waals surface area contributed by atoms with Gasteiger partial charge in [0.05, 0.1) is 0 Å². The molecule has 0 saturated carbocycles. The predicted molar refractivity (Wildman–Crippen MR) is 57.1 cm³/mol. The third kappa shape index (κ3) is 1.90. The summed E-state index contributed by atoms with van der Waals surface area (Å²) in [7, 11) is 0. The highest BCUT2D eigenvalue weighted by atomic mass is 16.3. The first-order chi connectivity index (χ1) is 6.68. The predicted octanol–water partition coefficient (Wildman–Crippen LogP) is 2.23. The van der Waals surface area contributed by atoms with Crippen LogP contribution >= 0.6 is 0 Å². The topological polar surface area (TPSA) is 23.2 Å². The molecule has 1 aromatic rings. The summed E-state index contributed by atoms with van der Waals surface area (Å²) in [6.45, 7) is 6.55. The first-order valence-electron chi connectivity index (χ1n) is 5.19. The zero-order valence-corrected chi connectivity index (χ0v) is 8.77. The third-order valence-electron chi connectivity index (χ3n) is 2.89. The minimum atomic E-state index is 0.418. The minimum Gasteiger partial charge on any atom is -0.508 e. The van der Waals surface area contributed by atoms with E-state index in [-0.39, 0.29) is 0 Å². The quantitative estimate of drug-likeness (QED) is 0.740. The number of phenolic OH excluding ortho intramolecular Hbond substituents is 1. The van der Waals surface area contributed by atoms with Crippen molar-refractivity contribution in [3.05, 3.63) is 29.8 Å². The van der Waals surface area contributed by atoms with Crippen LogP contribution in [-0.2, 0) is 6.54 Å². The van der Waals surface area contributed by atoms with E-state index in [1.807, 2.05) is 18.2 Å². The second-order valence-electron chi connectivity index (χ2n) is 4.37. The number of rotatable bonds is 3. The van der Waals surface area contributed by atoms with Gasteiger partial charge in [-0.15, -0.1) is 0 Å². The number of para-hydroxylation sites is 1. The van der Waals surface area contributed by atoms with E-state index >= 15 is 0 Å². The van der Waals surface area contributed by atoms with Gasteiger partial charge in [-0.3, -0.25) is 4.90 Å². The summed E-state index contributed by atoms with van der Waals surface area (Å²) in [4.78, 5) is 2.39. The molecule has 0 radical (unpaired) electrons. The van der Waals surface area contributed by atoms with Crippen molar-refractivity contribution in [3.63, 3.8) is 0 Å². The van der Waals surface area contributed by atoms with E-state index in [0.29, 0.717) is 5.75 Å². The molecule has 14 heavy (non-hydrogen) atoms. The van der Waals surface area contributed by atoms with Crippen LogP contribution in [0.5, 0.6) is 5.75 Å². The number of phenols is 1. The van der Waals surface area contributed by atoms with Crippen LogP contribution in [0.25, 0.3) is 0 Å². The lowest BCUT2D eigenvalue weighted by Crippen LogP contribution is -2.07. The number of nitrogens with zero attached hydrogens (tertiary/aromatic N) is 1. The highest BCUT2D eigenvalue weighted by Crippen LogP contribution is 2.29. The van der Waals surface area contributed by atoms with Crippen LogP contribution in [0.15, 0.2) is 24.3 Å². The van der Waals surface area contributed by atoms with Gasteiger partial charge in [0.2, 0.25) is 0 Å². The zero-order chi connectivity index (χ0) is 10.1. The van der Waals surface area contributed by atoms with E-state index in [2.05, 4.69) is 18.7 Å². The molecule has 1 aromatic carbocycles. The summed E-state index contributed by atoms with van der Waals surface area (Å²) in [5.41, 5.74) is 1.04. The van der Waals surface area contributed by atoms with Crippen LogP contribution in [0.2, 0.25) is 0 Å². The van der Waals surface area contributed by atoms with Crippen molar-refractivity contribution in [3.8, 4) is 5.75 Å². The molecule has 2 nitrogen and oxygen atoms in total. The highest BCUT2D eigenvalue weighted by Gasteiger charge is 2.36. The molecule has 1 fully saturated rings. The highest BCUT2D eigenvalue weighted by molar-refractivity contribution is 5.32. The molecule has 0 aliphatic carbocycles. The summed E-state index contributed by atoms with van der Waals surface area (Å²) in [5, 5.41) is 9.59. The fraction of sp³-hybridized carbons (Fsp3) is 0.500. The van der Waals surface area contributed by atoms with Crippen LogP contribution in [0, 0.1) is 5.92 Å². The average molecular weight is 191 g/mol. The Balaban J connectivity index is 1.97. The molecule has 2 heteroatoms. The lowest BCUT2D eigenvalue weighted by atomic mass is 10.1. The molecule has 1 saturated heterocycles. The van der Waals surface area contributed by atoms with E-state index in [4.69, 9.17) is 0 Å². The Morgan fingerprint density at radius 3 is 2.71 bits per heavy atom. The molecule has 2 atom stereocenters. The Morgan fingerprint density at radius 1 is 1.43 bits per heavy atom.